The van der Waals surface area contributed by atoms with E-state index in [9.17, 15) is 9.59 Å². The summed E-state index contributed by atoms with van der Waals surface area (Å²) in [5.74, 6) is 0. The highest BCUT2D eigenvalue weighted by molar-refractivity contribution is 6.67. The van der Waals surface area contributed by atoms with Gasteiger partial charge in [0.25, 0.3) is 5.24 Å². The number of aromatic nitrogens is 1. The quantitative estimate of drug-likeness (QED) is 0.612. The van der Waals surface area contributed by atoms with Crippen molar-refractivity contribution in [2.24, 2.45) is 0 Å². The maximum absolute atomic E-state index is 10.7. The summed E-state index contributed by atoms with van der Waals surface area (Å²) in [6, 6.07) is 1.25. The van der Waals surface area contributed by atoms with E-state index in [4.69, 9.17) is 11.6 Å². The van der Waals surface area contributed by atoms with Crippen molar-refractivity contribution >= 4 is 16.8 Å². The van der Waals surface area contributed by atoms with Gasteiger partial charge in [-0.2, -0.15) is 0 Å². The number of rotatable bonds is 1. The standard InChI is InChI=1S/C6H4ClNO2/c7-6(10)4-3-8-2-1-5(4)9/h1-3H,(H,8,9). The molecule has 0 saturated carbocycles. The molecular weight excluding hydrogens is 154 g/mol. The summed E-state index contributed by atoms with van der Waals surface area (Å²) in [5, 5.41) is -0.734. The predicted molar refractivity (Wildman–Crippen MR) is 37.2 cm³/mol. The molecule has 1 heterocycles. The number of carbonyl (C=O) groups is 1. The van der Waals surface area contributed by atoms with Gasteiger partial charge in [0.1, 0.15) is 0 Å². The van der Waals surface area contributed by atoms with E-state index in [2.05, 4.69) is 4.98 Å². The molecule has 0 radical (unpaired) electrons. The third kappa shape index (κ3) is 1.25. The average molecular weight is 158 g/mol. The smallest absolute Gasteiger partial charge is 0.257 e. The van der Waals surface area contributed by atoms with Crippen molar-refractivity contribution in [2.45, 2.75) is 0 Å². The zero-order chi connectivity index (χ0) is 7.56. The Balaban J connectivity index is 3.29. The summed E-state index contributed by atoms with van der Waals surface area (Å²) in [4.78, 5) is 23.7. The minimum atomic E-state index is -0.734. The Morgan fingerprint density at radius 1 is 1.60 bits per heavy atom. The van der Waals surface area contributed by atoms with Gasteiger partial charge >= 0.3 is 0 Å². The zero-order valence-electron chi connectivity index (χ0n) is 4.93. The van der Waals surface area contributed by atoms with Crippen LogP contribution in [0.15, 0.2) is 23.3 Å². The molecule has 1 aromatic heterocycles. The second-order valence-corrected chi connectivity index (χ2v) is 2.04. The molecule has 0 aliphatic heterocycles. The van der Waals surface area contributed by atoms with Gasteiger partial charge in [-0.1, -0.05) is 0 Å². The summed E-state index contributed by atoms with van der Waals surface area (Å²) in [6.07, 6.45) is 2.71. The Hall–Kier alpha value is -1.09. The fourth-order valence-electron chi connectivity index (χ4n) is 0.570. The fraction of sp³-hybridized carbons (Fsp3) is 0. The first-order chi connectivity index (χ1) is 4.72. The van der Waals surface area contributed by atoms with Crippen molar-refractivity contribution in [1.29, 1.82) is 0 Å². The van der Waals surface area contributed by atoms with Crippen molar-refractivity contribution < 1.29 is 4.79 Å². The topological polar surface area (TPSA) is 49.9 Å². The maximum atomic E-state index is 10.7. The molecule has 1 rings (SSSR count). The molecule has 0 unspecified atom stereocenters. The van der Waals surface area contributed by atoms with Crippen molar-refractivity contribution in [2.75, 3.05) is 0 Å². The van der Waals surface area contributed by atoms with E-state index >= 15 is 0 Å². The van der Waals surface area contributed by atoms with Gasteiger partial charge in [-0.3, -0.25) is 9.59 Å². The molecule has 0 amide bonds. The number of hydrogen-bond acceptors (Lipinski definition) is 2. The minimum absolute atomic E-state index is 0.0239. The third-order valence-electron chi connectivity index (χ3n) is 1.04. The van der Waals surface area contributed by atoms with Crippen LogP contribution in [0.5, 0.6) is 0 Å². The van der Waals surface area contributed by atoms with E-state index in [0.29, 0.717) is 0 Å². The Morgan fingerprint density at radius 3 is 2.70 bits per heavy atom. The van der Waals surface area contributed by atoms with Gasteiger partial charge in [0, 0.05) is 18.5 Å². The summed E-state index contributed by atoms with van der Waals surface area (Å²) in [6.45, 7) is 0. The summed E-state index contributed by atoms with van der Waals surface area (Å²) in [7, 11) is 0. The molecule has 52 valence electrons. The van der Waals surface area contributed by atoms with Gasteiger partial charge in [-0.15, -0.1) is 0 Å². The zero-order valence-corrected chi connectivity index (χ0v) is 5.68. The van der Waals surface area contributed by atoms with Crippen molar-refractivity contribution in [3.05, 3.63) is 34.2 Å². The monoisotopic (exact) mass is 157 g/mol. The van der Waals surface area contributed by atoms with Gasteiger partial charge in [-0.25, -0.2) is 0 Å². The van der Waals surface area contributed by atoms with Crippen LogP contribution >= 0.6 is 11.6 Å². The number of H-pyrrole nitrogens is 1. The van der Waals surface area contributed by atoms with Crippen molar-refractivity contribution in [3.8, 4) is 0 Å². The third-order valence-corrected chi connectivity index (χ3v) is 1.24. The SMILES string of the molecule is O=C(Cl)c1c[nH]ccc1=O. The Labute approximate surface area is 61.6 Å². The van der Waals surface area contributed by atoms with Crippen LogP contribution in [0.2, 0.25) is 0 Å². The molecule has 4 heteroatoms. The lowest BCUT2D eigenvalue weighted by atomic mass is 10.3. The van der Waals surface area contributed by atoms with E-state index in [-0.39, 0.29) is 11.0 Å². The molecular formula is C6H4ClNO2. The van der Waals surface area contributed by atoms with E-state index in [1.54, 1.807) is 0 Å². The van der Waals surface area contributed by atoms with Gasteiger partial charge in [-0.05, 0) is 11.6 Å². The van der Waals surface area contributed by atoms with Crippen LogP contribution in [0, 0.1) is 0 Å². The maximum Gasteiger partial charge on any atom is 0.257 e. The molecule has 0 fully saturated rings. The van der Waals surface area contributed by atoms with E-state index < -0.39 is 5.24 Å². The average Bonchev–Trinajstić information content (AvgIpc) is 1.88. The number of aromatic amines is 1. The highest BCUT2D eigenvalue weighted by Gasteiger charge is 2.03. The van der Waals surface area contributed by atoms with Crippen LogP contribution < -0.4 is 5.43 Å². The van der Waals surface area contributed by atoms with E-state index in [1.807, 2.05) is 0 Å². The molecule has 3 nitrogen and oxygen atoms in total. The molecule has 0 bridgehead atoms. The summed E-state index contributed by atoms with van der Waals surface area (Å²) < 4.78 is 0. The number of nitrogens with one attached hydrogen (secondary N) is 1. The molecule has 10 heavy (non-hydrogen) atoms. The van der Waals surface area contributed by atoms with Crippen LogP contribution in [0.4, 0.5) is 0 Å². The second kappa shape index (κ2) is 2.66. The largest absolute Gasteiger partial charge is 0.367 e. The van der Waals surface area contributed by atoms with Crippen molar-refractivity contribution in [3.63, 3.8) is 0 Å². The van der Waals surface area contributed by atoms with Crippen LogP contribution in [0.3, 0.4) is 0 Å². The summed E-state index contributed by atoms with van der Waals surface area (Å²) >= 11 is 5.05. The highest BCUT2D eigenvalue weighted by atomic mass is 35.5. The lowest BCUT2D eigenvalue weighted by Crippen LogP contribution is -2.09. The molecule has 0 atom stereocenters. The van der Waals surface area contributed by atoms with E-state index in [1.165, 1.54) is 18.5 Å². The van der Waals surface area contributed by atoms with Crippen molar-refractivity contribution in [1.82, 2.24) is 4.98 Å². The number of pyridine rings is 1. The second-order valence-electron chi connectivity index (χ2n) is 1.70. The Morgan fingerprint density at radius 2 is 2.30 bits per heavy atom. The van der Waals surface area contributed by atoms with Gasteiger partial charge in [0.2, 0.25) is 0 Å². The molecule has 0 aromatic carbocycles. The van der Waals surface area contributed by atoms with Crippen LogP contribution in [-0.2, 0) is 0 Å². The van der Waals surface area contributed by atoms with E-state index in [0.717, 1.165) is 0 Å². The van der Waals surface area contributed by atoms with Gasteiger partial charge in [0.15, 0.2) is 5.43 Å². The number of hydrogen-bond donors (Lipinski definition) is 1. The fourth-order valence-corrected chi connectivity index (χ4v) is 0.717. The molecule has 0 aliphatic carbocycles. The first-order valence-electron chi connectivity index (χ1n) is 2.59. The first kappa shape index (κ1) is 7.02. The Bertz CT molecular complexity index is 305. The molecule has 0 aliphatic rings. The summed E-state index contributed by atoms with van der Waals surface area (Å²) in [5.41, 5.74) is -0.386. The molecule has 0 saturated heterocycles. The molecule has 1 aromatic rings. The minimum Gasteiger partial charge on any atom is -0.367 e. The first-order valence-corrected chi connectivity index (χ1v) is 2.96. The number of carbonyl (C=O) groups excluding carboxylic acids is 1. The van der Waals surface area contributed by atoms with Crippen LogP contribution in [0.1, 0.15) is 10.4 Å². The lowest BCUT2D eigenvalue weighted by molar-refractivity contribution is 0.108. The van der Waals surface area contributed by atoms with Gasteiger partial charge in [0.05, 0.1) is 5.56 Å². The Kier molecular flexibility index (Phi) is 1.87. The molecule has 0 spiro atoms. The highest BCUT2D eigenvalue weighted by Crippen LogP contribution is 1.92. The van der Waals surface area contributed by atoms with Gasteiger partial charge < -0.3 is 4.98 Å². The normalized spacial score (nSPS) is 9.30. The van der Waals surface area contributed by atoms with Crippen LogP contribution in [0.25, 0.3) is 0 Å². The number of halogens is 1. The molecule has 1 N–H and O–H groups in total. The van der Waals surface area contributed by atoms with Crippen LogP contribution in [-0.4, -0.2) is 10.2 Å². The lowest BCUT2D eigenvalue weighted by Gasteiger charge is -1.87. The predicted octanol–water partition coefficient (Wildman–Crippen LogP) is 0.754.